The second-order valence-corrected chi connectivity index (χ2v) is 8.70. The number of carbonyl (C=O) groups excluding carboxylic acids is 2. The van der Waals surface area contributed by atoms with Gasteiger partial charge in [0.15, 0.2) is 9.84 Å². The monoisotopic (exact) mass is 352 g/mol. The van der Waals surface area contributed by atoms with Crippen molar-refractivity contribution in [3.05, 3.63) is 29.8 Å². The number of aryl methyl sites for hydroxylation is 1. The Morgan fingerprint density at radius 3 is 2.50 bits per heavy atom. The maximum atomic E-state index is 12.4. The lowest BCUT2D eigenvalue weighted by molar-refractivity contribution is -0.149. The van der Waals surface area contributed by atoms with Crippen LogP contribution in [0.5, 0.6) is 0 Å². The molecule has 1 saturated heterocycles. The smallest absolute Gasteiger partial charge is 0.245 e. The third-order valence-corrected chi connectivity index (χ3v) is 6.15. The van der Waals surface area contributed by atoms with Gasteiger partial charge in [-0.3, -0.25) is 9.59 Å². The van der Waals surface area contributed by atoms with Gasteiger partial charge in [-0.15, -0.1) is 0 Å². The third-order valence-electron chi connectivity index (χ3n) is 4.34. The molecule has 0 saturated carbocycles. The van der Waals surface area contributed by atoms with Gasteiger partial charge >= 0.3 is 0 Å². The van der Waals surface area contributed by atoms with Crippen molar-refractivity contribution in [3.63, 3.8) is 0 Å². The molecular formula is C17H24N2O4S. The maximum absolute atomic E-state index is 12.4. The number of rotatable bonds is 5. The van der Waals surface area contributed by atoms with Crippen molar-refractivity contribution in [1.82, 2.24) is 10.2 Å². The minimum absolute atomic E-state index is 0.0811. The van der Waals surface area contributed by atoms with Crippen LogP contribution in [0.2, 0.25) is 0 Å². The minimum atomic E-state index is -3.39. The molecule has 1 aromatic carbocycles. The summed E-state index contributed by atoms with van der Waals surface area (Å²) < 4.78 is 24.6. The predicted octanol–water partition coefficient (Wildman–Crippen LogP) is 1.29. The van der Waals surface area contributed by atoms with E-state index in [0.717, 1.165) is 5.56 Å². The highest BCUT2D eigenvalue weighted by Crippen LogP contribution is 2.20. The molecule has 1 aromatic rings. The Morgan fingerprint density at radius 1 is 1.25 bits per heavy atom. The molecule has 0 spiro atoms. The molecule has 0 bridgehead atoms. The van der Waals surface area contributed by atoms with E-state index in [0.29, 0.717) is 13.1 Å². The molecule has 2 rings (SSSR count). The van der Waals surface area contributed by atoms with E-state index in [-0.39, 0.29) is 35.3 Å². The normalized spacial score (nSPS) is 17.5. The molecule has 0 atom stereocenters. The Morgan fingerprint density at radius 2 is 1.88 bits per heavy atom. The van der Waals surface area contributed by atoms with Crippen LogP contribution in [-0.2, 0) is 19.4 Å². The number of nitrogens with zero attached hydrogens (tertiary/aromatic N) is 1. The molecule has 1 heterocycles. The Hall–Kier alpha value is -1.89. The van der Waals surface area contributed by atoms with Crippen molar-refractivity contribution in [2.24, 2.45) is 0 Å². The highest BCUT2D eigenvalue weighted by molar-refractivity contribution is 7.91. The Kier molecular flexibility index (Phi) is 5.32. The number of hydrogen-bond acceptors (Lipinski definition) is 4. The molecule has 7 heteroatoms. The van der Waals surface area contributed by atoms with Crippen LogP contribution in [0.15, 0.2) is 29.2 Å². The first-order chi connectivity index (χ1) is 11.1. The summed E-state index contributed by atoms with van der Waals surface area (Å²) in [5, 5.41) is 2.73. The van der Waals surface area contributed by atoms with E-state index in [1.54, 1.807) is 38.1 Å². The molecule has 0 aromatic heterocycles. The van der Waals surface area contributed by atoms with Crippen LogP contribution < -0.4 is 5.32 Å². The Balaban J connectivity index is 1.95. The standard InChI is InChI=1S/C17H24N2O4S/c1-13-6-8-14(9-7-13)24(22,23)12-4-5-15(20)19-11-10-18-16(21)17(19,2)3/h6-9H,4-5,10-12H2,1-3H3,(H,18,21). The van der Waals surface area contributed by atoms with Gasteiger partial charge in [-0.1, -0.05) is 17.7 Å². The quantitative estimate of drug-likeness (QED) is 0.865. The fraction of sp³-hybridized carbons (Fsp3) is 0.529. The number of nitrogens with one attached hydrogen (secondary N) is 1. The highest BCUT2D eigenvalue weighted by atomic mass is 32.2. The van der Waals surface area contributed by atoms with Crippen LogP contribution in [0.25, 0.3) is 0 Å². The zero-order chi connectivity index (χ0) is 18.0. The number of piperazine rings is 1. The molecular weight excluding hydrogens is 328 g/mol. The number of amides is 2. The zero-order valence-electron chi connectivity index (χ0n) is 14.3. The molecule has 0 radical (unpaired) electrons. The van der Waals surface area contributed by atoms with Crippen LogP contribution in [-0.4, -0.2) is 49.5 Å². The molecule has 1 N–H and O–H groups in total. The van der Waals surface area contributed by atoms with Crippen LogP contribution >= 0.6 is 0 Å². The SMILES string of the molecule is Cc1ccc(S(=O)(=O)CCCC(=O)N2CCNC(=O)C2(C)C)cc1. The molecule has 1 aliphatic heterocycles. The van der Waals surface area contributed by atoms with Crippen molar-refractivity contribution in [3.8, 4) is 0 Å². The van der Waals surface area contributed by atoms with Gasteiger partial charge < -0.3 is 10.2 Å². The topological polar surface area (TPSA) is 83.6 Å². The number of hydrogen-bond donors (Lipinski definition) is 1. The first-order valence-corrected chi connectivity index (χ1v) is 9.68. The van der Waals surface area contributed by atoms with Crippen LogP contribution in [0, 0.1) is 6.92 Å². The van der Waals surface area contributed by atoms with Crippen molar-refractivity contribution in [2.45, 2.75) is 44.0 Å². The second-order valence-electron chi connectivity index (χ2n) is 6.60. The summed E-state index contributed by atoms with van der Waals surface area (Å²) in [7, 11) is -3.39. The van der Waals surface area contributed by atoms with Crippen molar-refractivity contribution in [2.75, 3.05) is 18.8 Å². The average molecular weight is 352 g/mol. The average Bonchev–Trinajstić information content (AvgIpc) is 2.50. The molecule has 0 aliphatic carbocycles. The fourth-order valence-electron chi connectivity index (χ4n) is 2.75. The van der Waals surface area contributed by atoms with Gasteiger partial charge in [0.2, 0.25) is 11.8 Å². The van der Waals surface area contributed by atoms with E-state index in [4.69, 9.17) is 0 Å². The van der Waals surface area contributed by atoms with Crippen molar-refractivity contribution < 1.29 is 18.0 Å². The molecule has 24 heavy (non-hydrogen) atoms. The predicted molar refractivity (Wildman–Crippen MR) is 91.3 cm³/mol. The Bertz CT molecular complexity index is 723. The van der Waals surface area contributed by atoms with E-state index in [9.17, 15) is 18.0 Å². The maximum Gasteiger partial charge on any atom is 0.245 e. The first-order valence-electron chi connectivity index (χ1n) is 8.03. The van der Waals surface area contributed by atoms with E-state index in [1.165, 1.54) is 4.90 Å². The van der Waals surface area contributed by atoms with Crippen molar-refractivity contribution in [1.29, 1.82) is 0 Å². The minimum Gasteiger partial charge on any atom is -0.352 e. The summed E-state index contributed by atoms with van der Waals surface area (Å²) in [5.74, 6) is -0.453. The van der Waals surface area contributed by atoms with Gasteiger partial charge in [0.25, 0.3) is 0 Å². The largest absolute Gasteiger partial charge is 0.352 e. The summed E-state index contributed by atoms with van der Waals surface area (Å²) >= 11 is 0. The third kappa shape index (κ3) is 3.95. The number of carbonyl (C=O) groups is 2. The molecule has 2 amide bonds. The van der Waals surface area contributed by atoms with E-state index in [2.05, 4.69) is 5.32 Å². The summed E-state index contributed by atoms with van der Waals surface area (Å²) in [6.07, 6.45) is 0.352. The van der Waals surface area contributed by atoms with E-state index >= 15 is 0 Å². The molecule has 132 valence electrons. The van der Waals surface area contributed by atoms with Gasteiger partial charge in [0.05, 0.1) is 10.6 Å². The lowest BCUT2D eigenvalue weighted by atomic mass is 9.98. The van der Waals surface area contributed by atoms with Crippen molar-refractivity contribution >= 4 is 21.7 Å². The molecule has 0 unspecified atom stereocenters. The molecule has 1 aliphatic rings. The highest BCUT2D eigenvalue weighted by Gasteiger charge is 2.40. The summed E-state index contributed by atoms with van der Waals surface area (Å²) in [6, 6.07) is 6.69. The molecule has 1 fully saturated rings. The van der Waals surface area contributed by atoms with Gasteiger partial charge in [0.1, 0.15) is 5.54 Å². The first kappa shape index (κ1) is 18.4. The number of benzene rings is 1. The van der Waals surface area contributed by atoms with Crippen LogP contribution in [0.3, 0.4) is 0 Å². The van der Waals surface area contributed by atoms with Gasteiger partial charge in [-0.2, -0.15) is 0 Å². The fourth-order valence-corrected chi connectivity index (χ4v) is 4.06. The Labute approximate surface area is 143 Å². The van der Waals surface area contributed by atoms with Gasteiger partial charge in [-0.05, 0) is 39.3 Å². The number of sulfone groups is 1. The van der Waals surface area contributed by atoms with Gasteiger partial charge in [0, 0.05) is 19.5 Å². The van der Waals surface area contributed by atoms with E-state index in [1.807, 2.05) is 6.92 Å². The van der Waals surface area contributed by atoms with Gasteiger partial charge in [-0.25, -0.2) is 8.42 Å². The lowest BCUT2D eigenvalue weighted by Crippen LogP contribution is -2.63. The summed E-state index contributed by atoms with van der Waals surface area (Å²) in [6.45, 7) is 6.16. The summed E-state index contributed by atoms with van der Waals surface area (Å²) in [5.41, 5.74) is 0.0975. The van der Waals surface area contributed by atoms with Crippen LogP contribution in [0.4, 0.5) is 0 Å². The second kappa shape index (κ2) is 6.93. The lowest BCUT2D eigenvalue weighted by Gasteiger charge is -2.41. The molecule has 6 nitrogen and oxygen atoms in total. The summed E-state index contributed by atoms with van der Waals surface area (Å²) in [4.78, 5) is 26.1. The van der Waals surface area contributed by atoms with Crippen LogP contribution in [0.1, 0.15) is 32.3 Å². The van der Waals surface area contributed by atoms with E-state index < -0.39 is 15.4 Å². The zero-order valence-corrected chi connectivity index (χ0v) is 15.1.